The zero-order valence-electron chi connectivity index (χ0n) is 17.3. The SMILES string of the molecule is C[C@]1(c2ccc3cc(OC4CCC(C5CCCC5)CC4)ccc3c2)COC(=O)N1. The molecule has 1 heterocycles. The maximum Gasteiger partial charge on any atom is 0.408 e. The molecule has 29 heavy (non-hydrogen) atoms. The van der Waals surface area contributed by atoms with E-state index in [1.807, 2.05) is 6.92 Å². The van der Waals surface area contributed by atoms with Crippen molar-refractivity contribution in [2.24, 2.45) is 11.8 Å². The van der Waals surface area contributed by atoms with Gasteiger partial charge in [0.25, 0.3) is 0 Å². The molecule has 0 unspecified atom stereocenters. The van der Waals surface area contributed by atoms with Crippen LogP contribution in [0.3, 0.4) is 0 Å². The van der Waals surface area contributed by atoms with E-state index in [4.69, 9.17) is 9.47 Å². The van der Waals surface area contributed by atoms with Gasteiger partial charge in [-0.2, -0.15) is 0 Å². The summed E-state index contributed by atoms with van der Waals surface area (Å²) >= 11 is 0. The van der Waals surface area contributed by atoms with Gasteiger partial charge in [-0.05, 0) is 79.0 Å². The van der Waals surface area contributed by atoms with Gasteiger partial charge in [-0.15, -0.1) is 0 Å². The Morgan fingerprint density at radius 3 is 2.34 bits per heavy atom. The summed E-state index contributed by atoms with van der Waals surface area (Å²) in [6.45, 7) is 2.36. The third-order valence-electron chi connectivity index (χ3n) is 7.41. The molecule has 3 aliphatic rings. The van der Waals surface area contributed by atoms with E-state index in [1.165, 1.54) is 56.8 Å². The van der Waals surface area contributed by atoms with E-state index < -0.39 is 5.54 Å². The molecule has 3 fully saturated rings. The standard InChI is InChI=1S/C25H31NO3/c1-25(16-28-24(27)26-25)21-10-6-20-15-23(13-9-19(20)14-21)29-22-11-7-18(8-12-22)17-4-2-3-5-17/h6,9-10,13-15,17-18,22H,2-5,7-8,11-12,16H2,1H3,(H,26,27)/t18?,22?,25-/m1/s1. The summed E-state index contributed by atoms with van der Waals surface area (Å²) in [6, 6.07) is 12.7. The van der Waals surface area contributed by atoms with Gasteiger partial charge in [-0.1, -0.05) is 43.9 Å². The predicted molar refractivity (Wildman–Crippen MR) is 114 cm³/mol. The maximum absolute atomic E-state index is 11.5. The molecule has 4 heteroatoms. The average molecular weight is 394 g/mol. The largest absolute Gasteiger partial charge is 0.490 e. The zero-order valence-corrected chi connectivity index (χ0v) is 17.3. The number of fused-ring (bicyclic) bond motifs is 1. The monoisotopic (exact) mass is 393 g/mol. The number of nitrogens with one attached hydrogen (secondary N) is 1. The van der Waals surface area contributed by atoms with Crippen LogP contribution in [-0.4, -0.2) is 18.8 Å². The highest BCUT2D eigenvalue weighted by atomic mass is 16.6. The van der Waals surface area contributed by atoms with Crippen molar-refractivity contribution in [3.8, 4) is 5.75 Å². The number of hydrogen-bond donors (Lipinski definition) is 1. The van der Waals surface area contributed by atoms with E-state index in [2.05, 4.69) is 41.7 Å². The second-order valence-electron chi connectivity index (χ2n) is 9.46. The minimum Gasteiger partial charge on any atom is -0.490 e. The van der Waals surface area contributed by atoms with E-state index in [0.717, 1.165) is 28.5 Å². The number of cyclic esters (lactones) is 1. The topological polar surface area (TPSA) is 47.6 Å². The second-order valence-corrected chi connectivity index (χ2v) is 9.46. The number of carbonyl (C=O) groups excluding carboxylic acids is 1. The molecular formula is C25H31NO3. The minimum atomic E-state index is -0.460. The van der Waals surface area contributed by atoms with Crippen LogP contribution in [0.2, 0.25) is 0 Å². The number of alkyl carbamates (subject to hydrolysis) is 1. The van der Waals surface area contributed by atoms with Crippen molar-refractivity contribution in [3.63, 3.8) is 0 Å². The molecule has 0 bridgehead atoms. The Morgan fingerprint density at radius 2 is 1.62 bits per heavy atom. The molecule has 1 saturated heterocycles. The molecule has 1 atom stereocenters. The van der Waals surface area contributed by atoms with Gasteiger partial charge in [0.1, 0.15) is 12.4 Å². The summed E-state index contributed by atoms with van der Waals surface area (Å²) in [4.78, 5) is 11.5. The summed E-state index contributed by atoms with van der Waals surface area (Å²) in [5.41, 5.74) is 0.605. The molecule has 2 aromatic rings. The van der Waals surface area contributed by atoms with Gasteiger partial charge in [-0.25, -0.2) is 4.79 Å². The Kier molecular flexibility index (Phi) is 4.89. The van der Waals surface area contributed by atoms with Crippen LogP contribution in [0.4, 0.5) is 4.79 Å². The minimum absolute atomic E-state index is 0.348. The summed E-state index contributed by atoms with van der Waals surface area (Å²) in [5.74, 6) is 2.90. The Hall–Kier alpha value is -2.23. The first-order chi connectivity index (χ1) is 14.1. The van der Waals surface area contributed by atoms with Crippen molar-refractivity contribution < 1.29 is 14.3 Å². The van der Waals surface area contributed by atoms with Crippen molar-refractivity contribution in [1.29, 1.82) is 0 Å². The van der Waals surface area contributed by atoms with E-state index in [-0.39, 0.29) is 6.09 Å². The lowest BCUT2D eigenvalue weighted by atomic mass is 9.78. The highest BCUT2D eigenvalue weighted by molar-refractivity contribution is 5.85. The fraction of sp³-hybridized carbons (Fsp3) is 0.560. The van der Waals surface area contributed by atoms with Crippen LogP contribution in [0.1, 0.15) is 63.9 Å². The van der Waals surface area contributed by atoms with E-state index in [1.54, 1.807) is 0 Å². The van der Waals surface area contributed by atoms with Crippen LogP contribution in [0.15, 0.2) is 36.4 Å². The number of carbonyl (C=O) groups is 1. The highest BCUT2D eigenvalue weighted by Crippen LogP contribution is 2.40. The van der Waals surface area contributed by atoms with Crippen molar-refractivity contribution in [3.05, 3.63) is 42.0 Å². The second kappa shape index (κ2) is 7.55. The van der Waals surface area contributed by atoms with Crippen LogP contribution in [0, 0.1) is 11.8 Å². The van der Waals surface area contributed by atoms with Gasteiger partial charge < -0.3 is 14.8 Å². The van der Waals surface area contributed by atoms with E-state index in [0.29, 0.717) is 12.7 Å². The molecule has 4 nitrogen and oxygen atoms in total. The first-order valence-corrected chi connectivity index (χ1v) is 11.2. The molecule has 2 saturated carbocycles. The summed E-state index contributed by atoms with van der Waals surface area (Å²) in [7, 11) is 0. The number of benzene rings is 2. The molecule has 154 valence electrons. The first kappa shape index (κ1) is 18.8. The molecule has 1 N–H and O–H groups in total. The van der Waals surface area contributed by atoms with Gasteiger partial charge >= 0.3 is 6.09 Å². The van der Waals surface area contributed by atoms with Crippen LogP contribution in [-0.2, 0) is 10.3 Å². The molecule has 1 aliphatic heterocycles. The molecule has 1 amide bonds. The van der Waals surface area contributed by atoms with Gasteiger partial charge in [0.15, 0.2) is 0 Å². The lowest BCUT2D eigenvalue weighted by Crippen LogP contribution is -2.37. The van der Waals surface area contributed by atoms with Crippen molar-refractivity contribution in [2.45, 2.75) is 69.9 Å². The third-order valence-corrected chi connectivity index (χ3v) is 7.41. The van der Waals surface area contributed by atoms with Crippen LogP contribution < -0.4 is 10.1 Å². The van der Waals surface area contributed by atoms with Gasteiger partial charge in [0, 0.05) is 0 Å². The third kappa shape index (κ3) is 3.82. The quantitative estimate of drug-likeness (QED) is 0.701. The predicted octanol–water partition coefficient (Wildman–Crippen LogP) is 5.92. The fourth-order valence-electron chi connectivity index (χ4n) is 5.60. The van der Waals surface area contributed by atoms with Gasteiger partial charge in [0.05, 0.1) is 11.6 Å². The molecule has 0 spiro atoms. The summed E-state index contributed by atoms with van der Waals surface area (Å²) < 4.78 is 11.5. The first-order valence-electron chi connectivity index (χ1n) is 11.2. The Morgan fingerprint density at radius 1 is 0.931 bits per heavy atom. The lowest BCUT2D eigenvalue weighted by Gasteiger charge is -2.32. The molecule has 5 rings (SSSR count). The van der Waals surface area contributed by atoms with Crippen LogP contribution in [0.5, 0.6) is 5.75 Å². The van der Waals surface area contributed by atoms with Crippen LogP contribution >= 0.6 is 0 Å². The highest BCUT2D eigenvalue weighted by Gasteiger charge is 2.36. The molecule has 2 aliphatic carbocycles. The van der Waals surface area contributed by atoms with Crippen LogP contribution in [0.25, 0.3) is 10.8 Å². The van der Waals surface area contributed by atoms with Crippen molar-refractivity contribution in [1.82, 2.24) is 5.32 Å². The molecule has 0 aromatic heterocycles. The Balaban J connectivity index is 1.25. The smallest absolute Gasteiger partial charge is 0.408 e. The lowest BCUT2D eigenvalue weighted by molar-refractivity contribution is 0.111. The molecule has 0 radical (unpaired) electrons. The average Bonchev–Trinajstić information content (AvgIpc) is 3.39. The van der Waals surface area contributed by atoms with E-state index in [9.17, 15) is 4.79 Å². The molecular weight excluding hydrogens is 362 g/mol. The van der Waals surface area contributed by atoms with Crippen molar-refractivity contribution in [2.75, 3.05) is 6.61 Å². The normalized spacial score (nSPS) is 30.3. The van der Waals surface area contributed by atoms with Crippen molar-refractivity contribution >= 4 is 16.9 Å². The fourth-order valence-corrected chi connectivity index (χ4v) is 5.60. The Labute approximate surface area is 173 Å². The van der Waals surface area contributed by atoms with Gasteiger partial charge in [-0.3, -0.25) is 0 Å². The number of rotatable bonds is 4. The van der Waals surface area contributed by atoms with E-state index >= 15 is 0 Å². The number of amides is 1. The van der Waals surface area contributed by atoms with Gasteiger partial charge in [0.2, 0.25) is 0 Å². The summed E-state index contributed by atoms with van der Waals surface area (Å²) in [6.07, 6.45) is 10.9. The molecule has 2 aromatic carbocycles. The zero-order chi connectivity index (χ0) is 19.8. The number of ether oxygens (including phenoxy) is 2. The Bertz CT molecular complexity index is 896. The number of hydrogen-bond acceptors (Lipinski definition) is 3. The summed E-state index contributed by atoms with van der Waals surface area (Å²) in [5, 5.41) is 5.24. The maximum atomic E-state index is 11.5.